The molecule has 3 aromatic rings. The van der Waals surface area contributed by atoms with Gasteiger partial charge in [0.25, 0.3) is 5.91 Å². The van der Waals surface area contributed by atoms with E-state index in [1.807, 2.05) is 30.5 Å². The van der Waals surface area contributed by atoms with Crippen molar-refractivity contribution >= 4 is 46.3 Å². The third-order valence-corrected chi connectivity index (χ3v) is 7.53. The Hall–Kier alpha value is -4.44. The van der Waals surface area contributed by atoms with E-state index in [-0.39, 0.29) is 42.6 Å². The predicted molar refractivity (Wildman–Crippen MR) is 145 cm³/mol. The lowest BCUT2D eigenvalue weighted by atomic mass is 10.1. The molecule has 2 unspecified atom stereocenters. The maximum Gasteiger partial charge on any atom is 0.256 e. The average molecular weight is 528 g/mol. The van der Waals surface area contributed by atoms with Gasteiger partial charge in [-0.2, -0.15) is 0 Å². The highest BCUT2D eigenvalue weighted by atomic mass is 16.5. The first-order valence-corrected chi connectivity index (χ1v) is 13.1. The van der Waals surface area contributed by atoms with Crippen molar-refractivity contribution < 1.29 is 23.9 Å². The molecule has 2 aromatic carbocycles. The summed E-state index contributed by atoms with van der Waals surface area (Å²) in [7, 11) is 0. The fourth-order valence-electron chi connectivity index (χ4n) is 5.52. The van der Waals surface area contributed by atoms with Gasteiger partial charge in [-0.3, -0.25) is 19.2 Å². The Morgan fingerprint density at radius 2 is 1.92 bits per heavy atom. The molecule has 10 nitrogen and oxygen atoms in total. The lowest BCUT2D eigenvalue weighted by molar-refractivity contribution is -0.130. The molecular weight excluding hydrogens is 498 g/mol. The zero-order valence-electron chi connectivity index (χ0n) is 21.3. The van der Waals surface area contributed by atoms with Crippen molar-refractivity contribution in [3.63, 3.8) is 0 Å². The third-order valence-electron chi connectivity index (χ3n) is 7.53. The molecule has 6 rings (SSSR count). The van der Waals surface area contributed by atoms with Gasteiger partial charge in [0, 0.05) is 48.9 Å². The standard InChI is InChI=1S/C29H29N5O5/c35-26(14-19-16-30-23-4-2-1-3-21(19)23)31-20-15-25-28(37)32-24-7-5-18(13-22(24)29(38)34(25)17-20)6-8-27(36)33-9-11-39-12-10-33/h1-8,13,16,20,25,30H,9-12,14-15,17H2,(H,31,35)(H,32,37). The van der Waals surface area contributed by atoms with E-state index in [2.05, 4.69) is 15.6 Å². The first kappa shape index (κ1) is 24.9. The van der Waals surface area contributed by atoms with Crippen LogP contribution in [0.2, 0.25) is 0 Å². The maximum absolute atomic E-state index is 13.5. The molecule has 2 atom stereocenters. The largest absolute Gasteiger partial charge is 0.378 e. The summed E-state index contributed by atoms with van der Waals surface area (Å²) in [6, 6.07) is 11.9. The van der Waals surface area contributed by atoms with E-state index in [9.17, 15) is 19.2 Å². The van der Waals surface area contributed by atoms with Gasteiger partial charge in [0.15, 0.2) is 0 Å². The number of benzene rings is 2. The number of aromatic nitrogens is 1. The number of nitrogens with one attached hydrogen (secondary N) is 3. The Labute approximate surface area is 225 Å². The summed E-state index contributed by atoms with van der Waals surface area (Å²) in [6.45, 7) is 2.38. The lowest BCUT2D eigenvalue weighted by Crippen LogP contribution is -2.41. The van der Waals surface area contributed by atoms with Crippen LogP contribution in [-0.4, -0.2) is 83.3 Å². The second kappa shape index (κ2) is 10.4. The monoisotopic (exact) mass is 527 g/mol. The Bertz CT molecular complexity index is 1490. The van der Waals surface area contributed by atoms with Crippen LogP contribution in [0.5, 0.6) is 0 Å². The molecule has 4 amide bonds. The molecule has 10 heteroatoms. The molecule has 2 fully saturated rings. The molecule has 4 heterocycles. The van der Waals surface area contributed by atoms with Crippen LogP contribution in [-0.2, 0) is 25.5 Å². The number of rotatable bonds is 5. The van der Waals surface area contributed by atoms with Crippen LogP contribution in [0.3, 0.4) is 0 Å². The van der Waals surface area contributed by atoms with E-state index in [1.54, 1.807) is 29.2 Å². The first-order valence-electron chi connectivity index (χ1n) is 13.1. The van der Waals surface area contributed by atoms with Gasteiger partial charge in [-0.25, -0.2) is 0 Å². The van der Waals surface area contributed by atoms with Crippen LogP contribution in [0.15, 0.2) is 54.7 Å². The first-order chi connectivity index (χ1) is 19.0. The van der Waals surface area contributed by atoms with Gasteiger partial charge in [0.2, 0.25) is 17.7 Å². The number of ether oxygens (including phenoxy) is 1. The molecular formula is C29H29N5O5. The Morgan fingerprint density at radius 1 is 1.10 bits per heavy atom. The number of para-hydroxylation sites is 1. The van der Waals surface area contributed by atoms with Crippen molar-refractivity contribution in [1.82, 2.24) is 20.1 Å². The Balaban J connectivity index is 1.14. The molecule has 3 aliphatic rings. The van der Waals surface area contributed by atoms with E-state index in [0.29, 0.717) is 49.5 Å². The van der Waals surface area contributed by atoms with Crippen LogP contribution < -0.4 is 10.6 Å². The summed E-state index contributed by atoms with van der Waals surface area (Å²) in [6.07, 6.45) is 5.54. The van der Waals surface area contributed by atoms with Crippen molar-refractivity contribution in [1.29, 1.82) is 0 Å². The second-order valence-corrected chi connectivity index (χ2v) is 10.1. The van der Waals surface area contributed by atoms with Gasteiger partial charge in [-0.1, -0.05) is 24.3 Å². The van der Waals surface area contributed by atoms with Crippen LogP contribution in [0.1, 0.15) is 27.9 Å². The van der Waals surface area contributed by atoms with E-state index in [1.165, 1.54) is 11.0 Å². The minimum absolute atomic E-state index is 0.112. The molecule has 0 spiro atoms. The van der Waals surface area contributed by atoms with Gasteiger partial charge < -0.3 is 30.2 Å². The molecule has 0 saturated carbocycles. The SMILES string of the molecule is O=C(Cc1c[nH]c2ccccc12)NC1CC2C(=O)Nc3ccc(C=CC(=O)N4CCOCC4)cc3C(=O)N2C1. The van der Waals surface area contributed by atoms with Gasteiger partial charge in [-0.05, 0) is 41.8 Å². The number of hydrogen-bond acceptors (Lipinski definition) is 5. The summed E-state index contributed by atoms with van der Waals surface area (Å²) < 4.78 is 5.29. The molecule has 0 bridgehead atoms. The molecule has 200 valence electrons. The predicted octanol–water partition coefficient (Wildman–Crippen LogP) is 1.93. The lowest BCUT2D eigenvalue weighted by Gasteiger charge is -2.25. The molecule has 0 aliphatic carbocycles. The van der Waals surface area contributed by atoms with Gasteiger partial charge in [-0.15, -0.1) is 0 Å². The summed E-state index contributed by atoms with van der Waals surface area (Å²) in [4.78, 5) is 58.3. The highest BCUT2D eigenvalue weighted by Crippen LogP contribution is 2.30. The molecule has 3 aliphatic heterocycles. The molecule has 2 saturated heterocycles. The number of carbonyl (C=O) groups is 4. The van der Waals surface area contributed by atoms with Crippen molar-refractivity contribution in [3.8, 4) is 0 Å². The van der Waals surface area contributed by atoms with Crippen molar-refractivity contribution in [2.24, 2.45) is 0 Å². The Morgan fingerprint density at radius 3 is 2.77 bits per heavy atom. The quantitative estimate of drug-likeness (QED) is 0.438. The number of amides is 4. The number of fused-ring (bicyclic) bond motifs is 3. The van der Waals surface area contributed by atoms with Crippen molar-refractivity contribution in [2.75, 3.05) is 38.2 Å². The highest BCUT2D eigenvalue weighted by molar-refractivity contribution is 6.10. The number of anilines is 1. The van der Waals surface area contributed by atoms with Gasteiger partial charge in [0.1, 0.15) is 6.04 Å². The summed E-state index contributed by atoms with van der Waals surface area (Å²) in [5.74, 6) is -0.829. The Kier molecular flexibility index (Phi) is 6.62. The minimum Gasteiger partial charge on any atom is -0.378 e. The number of morpholine rings is 1. The molecule has 39 heavy (non-hydrogen) atoms. The van der Waals surface area contributed by atoms with Crippen LogP contribution in [0.25, 0.3) is 17.0 Å². The molecule has 0 radical (unpaired) electrons. The maximum atomic E-state index is 13.5. The van der Waals surface area contributed by atoms with E-state index in [4.69, 9.17) is 4.74 Å². The minimum atomic E-state index is -0.676. The molecule has 1 aromatic heterocycles. The van der Waals surface area contributed by atoms with Crippen LogP contribution >= 0.6 is 0 Å². The van der Waals surface area contributed by atoms with E-state index < -0.39 is 6.04 Å². The number of H-pyrrole nitrogens is 1. The molecule has 3 N–H and O–H groups in total. The normalized spacial score (nSPS) is 21.0. The van der Waals surface area contributed by atoms with Crippen molar-refractivity contribution in [3.05, 3.63) is 71.4 Å². The zero-order valence-corrected chi connectivity index (χ0v) is 21.3. The fourth-order valence-corrected chi connectivity index (χ4v) is 5.52. The smallest absolute Gasteiger partial charge is 0.256 e. The average Bonchev–Trinajstić information content (AvgIpc) is 3.54. The van der Waals surface area contributed by atoms with E-state index >= 15 is 0 Å². The fraction of sp³-hybridized carbons (Fsp3) is 0.310. The van der Waals surface area contributed by atoms with Gasteiger partial charge >= 0.3 is 0 Å². The topological polar surface area (TPSA) is 124 Å². The van der Waals surface area contributed by atoms with Crippen LogP contribution in [0, 0.1) is 0 Å². The summed E-state index contributed by atoms with van der Waals surface area (Å²) in [5, 5.41) is 6.87. The summed E-state index contributed by atoms with van der Waals surface area (Å²) in [5.41, 5.74) is 3.34. The van der Waals surface area contributed by atoms with Gasteiger partial charge in [0.05, 0.1) is 30.9 Å². The third kappa shape index (κ3) is 5.03. The van der Waals surface area contributed by atoms with E-state index in [0.717, 1.165) is 16.5 Å². The number of hydrogen-bond donors (Lipinski definition) is 3. The van der Waals surface area contributed by atoms with Crippen LogP contribution in [0.4, 0.5) is 5.69 Å². The number of carbonyl (C=O) groups excluding carboxylic acids is 4. The number of nitrogens with zero attached hydrogens (tertiary/aromatic N) is 2. The zero-order chi connectivity index (χ0) is 26.9. The highest BCUT2D eigenvalue weighted by Gasteiger charge is 2.43. The summed E-state index contributed by atoms with van der Waals surface area (Å²) >= 11 is 0. The number of aromatic amines is 1. The second-order valence-electron chi connectivity index (χ2n) is 10.1. The van der Waals surface area contributed by atoms with Crippen molar-refractivity contribution in [2.45, 2.75) is 24.9 Å².